The van der Waals surface area contributed by atoms with Crippen molar-refractivity contribution in [3.8, 4) is 0 Å². The molecule has 1 aliphatic rings. The standard InChI is InChI=1S/C17H17ClFN5/c1-9-4-5-22-14-6-10(12-8-11(18)2-3-13(12)19)7-15(16(9)14)23-24-17(20)21/h2-5,8,10H,6-7H2,1H3,(H4,20,21,24)/b23-15+. The summed E-state index contributed by atoms with van der Waals surface area (Å²) in [6.07, 6.45) is 2.85. The number of aryl methyl sites for hydroxylation is 1. The quantitative estimate of drug-likeness (QED) is 0.498. The molecule has 7 heteroatoms. The molecule has 0 saturated heterocycles. The smallest absolute Gasteiger partial charge is 0.211 e. The van der Waals surface area contributed by atoms with Gasteiger partial charge in [0.2, 0.25) is 5.96 Å². The van der Waals surface area contributed by atoms with Crippen molar-refractivity contribution in [2.24, 2.45) is 21.7 Å². The van der Waals surface area contributed by atoms with Gasteiger partial charge in [-0.3, -0.25) is 4.98 Å². The first-order valence-electron chi connectivity index (χ1n) is 7.51. The van der Waals surface area contributed by atoms with Gasteiger partial charge in [0.1, 0.15) is 5.82 Å². The third-order valence-corrected chi connectivity index (χ3v) is 4.33. The Hall–Kier alpha value is -2.47. The fourth-order valence-electron chi connectivity index (χ4n) is 3.06. The van der Waals surface area contributed by atoms with E-state index >= 15 is 0 Å². The molecule has 0 aliphatic heterocycles. The van der Waals surface area contributed by atoms with E-state index in [0.29, 0.717) is 29.1 Å². The predicted molar refractivity (Wildman–Crippen MR) is 93.8 cm³/mol. The van der Waals surface area contributed by atoms with Crippen LogP contribution in [0.25, 0.3) is 0 Å². The Bertz CT molecular complexity index is 843. The number of hydrogen-bond acceptors (Lipinski definition) is 3. The maximum absolute atomic E-state index is 14.3. The molecule has 24 heavy (non-hydrogen) atoms. The van der Waals surface area contributed by atoms with E-state index in [9.17, 15) is 4.39 Å². The molecule has 0 fully saturated rings. The first kappa shape index (κ1) is 16.4. The van der Waals surface area contributed by atoms with Gasteiger partial charge in [-0.15, -0.1) is 5.10 Å². The Labute approximate surface area is 144 Å². The van der Waals surface area contributed by atoms with Crippen LogP contribution in [0.5, 0.6) is 0 Å². The second-order valence-electron chi connectivity index (χ2n) is 5.79. The Balaban J connectivity index is 2.10. The van der Waals surface area contributed by atoms with E-state index < -0.39 is 0 Å². The number of benzene rings is 1. The lowest BCUT2D eigenvalue weighted by molar-refractivity contribution is 0.572. The average Bonchev–Trinajstić information content (AvgIpc) is 2.54. The molecule has 5 nitrogen and oxygen atoms in total. The average molecular weight is 346 g/mol. The lowest BCUT2D eigenvalue weighted by atomic mass is 9.80. The summed E-state index contributed by atoms with van der Waals surface area (Å²) >= 11 is 6.03. The highest BCUT2D eigenvalue weighted by molar-refractivity contribution is 6.30. The van der Waals surface area contributed by atoms with Gasteiger partial charge in [0.25, 0.3) is 0 Å². The van der Waals surface area contributed by atoms with Gasteiger partial charge in [0.15, 0.2) is 0 Å². The molecular formula is C17H17ClFN5. The number of pyridine rings is 1. The lowest BCUT2D eigenvalue weighted by Crippen LogP contribution is -2.24. The van der Waals surface area contributed by atoms with Crippen LogP contribution in [-0.2, 0) is 6.42 Å². The summed E-state index contributed by atoms with van der Waals surface area (Å²) in [5.41, 5.74) is 14.8. The molecule has 1 heterocycles. The van der Waals surface area contributed by atoms with Crippen LogP contribution < -0.4 is 11.5 Å². The van der Waals surface area contributed by atoms with E-state index in [1.807, 2.05) is 13.0 Å². The van der Waals surface area contributed by atoms with Gasteiger partial charge >= 0.3 is 0 Å². The Morgan fingerprint density at radius 2 is 2.08 bits per heavy atom. The molecule has 1 atom stereocenters. The van der Waals surface area contributed by atoms with Crippen LogP contribution in [0.3, 0.4) is 0 Å². The second kappa shape index (κ2) is 6.57. The molecule has 4 N–H and O–H groups in total. The fourth-order valence-corrected chi connectivity index (χ4v) is 3.24. The predicted octanol–water partition coefficient (Wildman–Crippen LogP) is 2.89. The van der Waals surface area contributed by atoms with Crippen LogP contribution >= 0.6 is 11.6 Å². The van der Waals surface area contributed by atoms with Gasteiger partial charge in [0, 0.05) is 16.8 Å². The summed E-state index contributed by atoms with van der Waals surface area (Å²) in [5, 5.41) is 8.44. The summed E-state index contributed by atoms with van der Waals surface area (Å²) in [7, 11) is 0. The molecule has 124 valence electrons. The van der Waals surface area contributed by atoms with Gasteiger partial charge in [-0.25, -0.2) is 4.39 Å². The van der Waals surface area contributed by atoms with E-state index in [0.717, 1.165) is 16.8 Å². The Kier molecular flexibility index (Phi) is 4.49. The Morgan fingerprint density at radius 3 is 2.83 bits per heavy atom. The number of rotatable bonds is 2. The van der Waals surface area contributed by atoms with Crippen molar-refractivity contribution < 1.29 is 4.39 Å². The number of hydrogen-bond donors (Lipinski definition) is 2. The van der Waals surface area contributed by atoms with Crippen molar-refractivity contribution in [1.82, 2.24) is 4.98 Å². The Morgan fingerprint density at radius 1 is 1.29 bits per heavy atom. The minimum atomic E-state index is -0.290. The van der Waals surface area contributed by atoms with Crippen molar-refractivity contribution in [3.05, 3.63) is 63.7 Å². The molecule has 0 radical (unpaired) electrons. The fraction of sp³-hybridized carbons (Fsp3) is 0.235. The van der Waals surface area contributed by atoms with Crippen LogP contribution in [-0.4, -0.2) is 16.7 Å². The number of halogens is 2. The number of guanidine groups is 1. The third-order valence-electron chi connectivity index (χ3n) is 4.09. The van der Waals surface area contributed by atoms with Crippen molar-refractivity contribution >= 4 is 23.3 Å². The highest BCUT2D eigenvalue weighted by atomic mass is 35.5. The molecule has 1 aliphatic carbocycles. The van der Waals surface area contributed by atoms with Crippen LogP contribution in [0, 0.1) is 12.7 Å². The molecular weight excluding hydrogens is 329 g/mol. The van der Waals surface area contributed by atoms with Crippen LogP contribution in [0.15, 0.2) is 40.7 Å². The minimum absolute atomic E-state index is 0.123. The maximum atomic E-state index is 14.3. The van der Waals surface area contributed by atoms with Gasteiger partial charge in [-0.05, 0) is 61.1 Å². The minimum Gasteiger partial charge on any atom is -0.369 e. The number of nitrogens with two attached hydrogens (primary N) is 2. The van der Waals surface area contributed by atoms with E-state index in [1.165, 1.54) is 12.1 Å². The zero-order valence-corrected chi connectivity index (χ0v) is 13.9. The summed E-state index contributed by atoms with van der Waals surface area (Å²) in [6, 6.07) is 6.47. The lowest BCUT2D eigenvalue weighted by Gasteiger charge is -2.26. The SMILES string of the molecule is Cc1ccnc2c1/C(=N/N=C(N)N)CC(c1cc(Cl)ccc1F)C2. The van der Waals surface area contributed by atoms with E-state index in [1.54, 1.807) is 12.3 Å². The molecule has 0 saturated carbocycles. The first-order chi connectivity index (χ1) is 11.5. The van der Waals surface area contributed by atoms with Gasteiger partial charge in [-0.2, -0.15) is 5.10 Å². The van der Waals surface area contributed by atoms with Gasteiger partial charge in [0.05, 0.1) is 11.4 Å². The summed E-state index contributed by atoms with van der Waals surface area (Å²) in [4.78, 5) is 4.44. The third kappa shape index (κ3) is 3.23. The maximum Gasteiger partial charge on any atom is 0.211 e. The van der Waals surface area contributed by atoms with Crippen LogP contribution in [0.1, 0.15) is 34.7 Å². The van der Waals surface area contributed by atoms with Crippen molar-refractivity contribution in [3.63, 3.8) is 0 Å². The molecule has 1 aromatic carbocycles. The topological polar surface area (TPSA) is 89.6 Å². The molecule has 2 aromatic rings. The molecule has 0 amide bonds. The summed E-state index contributed by atoms with van der Waals surface area (Å²) in [6.45, 7) is 1.98. The van der Waals surface area contributed by atoms with E-state index in [-0.39, 0.29) is 17.7 Å². The molecule has 0 spiro atoms. The summed E-state index contributed by atoms with van der Waals surface area (Å²) in [5.74, 6) is -0.540. The number of nitrogens with zero attached hydrogens (tertiary/aromatic N) is 3. The highest BCUT2D eigenvalue weighted by Gasteiger charge is 2.29. The summed E-state index contributed by atoms with van der Waals surface area (Å²) < 4.78 is 14.3. The largest absolute Gasteiger partial charge is 0.369 e. The molecule has 0 bridgehead atoms. The number of fused-ring (bicyclic) bond motifs is 1. The molecule has 1 aromatic heterocycles. The van der Waals surface area contributed by atoms with Crippen LogP contribution in [0.2, 0.25) is 5.02 Å². The van der Waals surface area contributed by atoms with E-state index in [2.05, 4.69) is 15.2 Å². The molecule has 3 rings (SSSR count). The van der Waals surface area contributed by atoms with Crippen molar-refractivity contribution in [2.75, 3.05) is 0 Å². The normalized spacial score (nSPS) is 18.3. The van der Waals surface area contributed by atoms with Gasteiger partial charge < -0.3 is 11.5 Å². The second-order valence-corrected chi connectivity index (χ2v) is 6.23. The number of aromatic nitrogens is 1. The zero-order valence-electron chi connectivity index (χ0n) is 13.1. The highest BCUT2D eigenvalue weighted by Crippen LogP contribution is 2.35. The van der Waals surface area contributed by atoms with Gasteiger partial charge in [-0.1, -0.05) is 11.6 Å². The van der Waals surface area contributed by atoms with Crippen molar-refractivity contribution in [1.29, 1.82) is 0 Å². The first-order valence-corrected chi connectivity index (χ1v) is 7.88. The monoisotopic (exact) mass is 345 g/mol. The van der Waals surface area contributed by atoms with Crippen LogP contribution in [0.4, 0.5) is 4.39 Å². The van der Waals surface area contributed by atoms with E-state index in [4.69, 9.17) is 23.1 Å². The van der Waals surface area contributed by atoms with Crippen molar-refractivity contribution in [2.45, 2.75) is 25.7 Å². The zero-order chi connectivity index (χ0) is 17.3. The molecule has 1 unspecified atom stereocenters.